The van der Waals surface area contributed by atoms with Crippen LogP contribution >= 0.6 is 12.2 Å². The van der Waals surface area contributed by atoms with Crippen molar-refractivity contribution in [2.24, 2.45) is 0 Å². The third kappa shape index (κ3) is 3.64. The van der Waals surface area contributed by atoms with Crippen LogP contribution in [0.15, 0.2) is 85.2 Å². The number of nitro benzene ring substituents is 1. The Balaban J connectivity index is 1.48. The zero-order valence-corrected chi connectivity index (χ0v) is 19.1. The second kappa shape index (κ2) is 8.41. The molecule has 1 fully saturated rings. The maximum Gasteiger partial charge on any atom is 0.269 e. The Morgan fingerprint density at radius 3 is 2.57 bits per heavy atom. The molecule has 2 aliphatic heterocycles. The maximum absolute atomic E-state index is 11.1. The third-order valence-corrected chi connectivity index (χ3v) is 6.47. The Kier molecular flexibility index (Phi) is 5.07. The highest BCUT2D eigenvalue weighted by molar-refractivity contribution is 7.80. The first kappa shape index (κ1) is 21.1. The van der Waals surface area contributed by atoms with Gasteiger partial charge in [-0.3, -0.25) is 15.1 Å². The average molecular weight is 486 g/mol. The molecule has 0 radical (unpaired) electrons. The number of hydrogen-bond donors (Lipinski definition) is 1. The monoisotopic (exact) mass is 485 g/mol. The molecule has 1 saturated heterocycles. The lowest BCUT2D eigenvalue weighted by atomic mass is 10.0. The Bertz CT molecular complexity index is 1420. The molecule has 0 saturated carbocycles. The summed E-state index contributed by atoms with van der Waals surface area (Å²) in [7, 11) is 0. The maximum atomic E-state index is 11.1. The fourth-order valence-electron chi connectivity index (χ4n) is 4.57. The minimum atomic E-state index is -0.405. The molecule has 2 atom stereocenters. The van der Waals surface area contributed by atoms with Crippen molar-refractivity contribution in [2.75, 3.05) is 11.7 Å². The van der Waals surface area contributed by atoms with Crippen molar-refractivity contribution in [1.82, 2.24) is 14.9 Å². The molecule has 4 aromatic rings. The molecular formula is C25H19N5O4S. The van der Waals surface area contributed by atoms with Gasteiger partial charge in [0.15, 0.2) is 16.6 Å². The van der Waals surface area contributed by atoms with Gasteiger partial charge in [0.05, 0.1) is 16.7 Å². The van der Waals surface area contributed by atoms with Crippen molar-refractivity contribution in [3.63, 3.8) is 0 Å². The number of fused-ring (bicyclic) bond motifs is 1. The summed E-state index contributed by atoms with van der Waals surface area (Å²) >= 11 is 5.82. The third-order valence-electron chi connectivity index (χ3n) is 6.15. The second-order valence-corrected chi connectivity index (χ2v) is 8.50. The minimum absolute atomic E-state index is 0.0412. The Morgan fingerprint density at radius 1 is 1.00 bits per heavy atom. The van der Waals surface area contributed by atoms with Gasteiger partial charge in [-0.25, -0.2) is 0 Å². The van der Waals surface area contributed by atoms with Gasteiger partial charge in [-0.1, -0.05) is 6.07 Å². The van der Waals surface area contributed by atoms with Crippen molar-refractivity contribution >= 4 is 28.7 Å². The van der Waals surface area contributed by atoms with Crippen molar-refractivity contribution in [1.29, 1.82) is 0 Å². The summed E-state index contributed by atoms with van der Waals surface area (Å²) in [4.78, 5) is 17.4. The number of ether oxygens (including phenoxy) is 2. The van der Waals surface area contributed by atoms with Gasteiger partial charge in [-0.05, 0) is 60.7 Å². The van der Waals surface area contributed by atoms with E-state index in [-0.39, 0.29) is 24.6 Å². The standard InChI is InChI=1S/C25H19N5O4S/c31-30(32)17-8-6-16(7-9-17)28-13-3-5-20(28)24-23(19-4-1-2-12-26-19)27-25(35)29(24)18-10-11-21-22(14-18)34-15-33-21/h1-14,23-24H,15H2,(H,27,35)/t23-,24-/m0/s1. The van der Waals surface area contributed by atoms with Gasteiger partial charge in [0, 0.05) is 47.7 Å². The lowest BCUT2D eigenvalue weighted by Gasteiger charge is -2.29. The lowest BCUT2D eigenvalue weighted by Crippen LogP contribution is -2.30. The summed E-state index contributed by atoms with van der Waals surface area (Å²) in [5, 5.41) is 15.1. The smallest absolute Gasteiger partial charge is 0.269 e. The number of nitro groups is 1. The zero-order chi connectivity index (χ0) is 23.9. The molecular weight excluding hydrogens is 466 g/mol. The van der Waals surface area contributed by atoms with Crippen LogP contribution in [-0.4, -0.2) is 26.4 Å². The number of hydrogen-bond acceptors (Lipinski definition) is 6. The number of thiocarbonyl (C=S) groups is 1. The van der Waals surface area contributed by atoms with Gasteiger partial charge in [0.25, 0.3) is 5.69 Å². The van der Waals surface area contributed by atoms with Crippen molar-refractivity contribution in [2.45, 2.75) is 12.1 Å². The van der Waals surface area contributed by atoms with Crippen LogP contribution in [0.3, 0.4) is 0 Å². The molecule has 6 rings (SSSR count). The normalized spacial score (nSPS) is 18.5. The summed E-state index contributed by atoms with van der Waals surface area (Å²) in [6.45, 7) is 0.185. The van der Waals surface area contributed by atoms with Crippen molar-refractivity contribution in [3.05, 3.63) is 107 Å². The molecule has 9 nitrogen and oxygen atoms in total. The van der Waals surface area contributed by atoms with E-state index >= 15 is 0 Å². The number of non-ortho nitro benzene ring substituents is 1. The van der Waals surface area contributed by atoms with Gasteiger partial charge >= 0.3 is 0 Å². The van der Waals surface area contributed by atoms with Crippen LogP contribution in [0.4, 0.5) is 11.4 Å². The van der Waals surface area contributed by atoms with Gasteiger partial charge in [-0.15, -0.1) is 0 Å². The summed E-state index contributed by atoms with van der Waals surface area (Å²) in [6, 6.07) is 21.5. The van der Waals surface area contributed by atoms with E-state index in [1.807, 2.05) is 64.2 Å². The number of benzene rings is 2. The fraction of sp³-hybridized carbons (Fsp3) is 0.120. The van der Waals surface area contributed by atoms with E-state index in [1.54, 1.807) is 18.3 Å². The highest BCUT2D eigenvalue weighted by Crippen LogP contribution is 2.44. The second-order valence-electron chi connectivity index (χ2n) is 8.11. The molecule has 4 heterocycles. The minimum Gasteiger partial charge on any atom is -0.454 e. The number of aromatic nitrogens is 2. The molecule has 1 N–H and O–H groups in total. The molecule has 0 spiro atoms. The quantitative estimate of drug-likeness (QED) is 0.247. The Labute approximate surface area is 205 Å². The van der Waals surface area contributed by atoms with Crippen LogP contribution in [0.1, 0.15) is 23.5 Å². The van der Waals surface area contributed by atoms with Crippen LogP contribution in [0.2, 0.25) is 0 Å². The summed E-state index contributed by atoms with van der Waals surface area (Å²) < 4.78 is 13.1. The molecule has 35 heavy (non-hydrogen) atoms. The predicted octanol–water partition coefficient (Wildman–Crippen LogP) is 4.69. The van der Waals surface area contributed by atoms with E-state index in [4.69, 9.17) is 21.7 Å². The SMILES string of the molecule is O=[N+]([O-])c1ccc(-n2cccc2[C@H]2[C@H](c3ccccn3)NC(=S)N2c2ccc3c(c2)OCO3)cc1. The molecule has 10 heteroatoms. The molecule has 0 bridgehead atoms. The summed E-state index contributed by atoms with van der Waals surface area (Å²) in [6.07, 6.45) is 3.70. The Hall–Kier alpha value is -4.44. The van der Waals surface area contributed by atoms with Crippen molar-refractivity contribution < 1.29 is 14.4 Å². The zero-order valence-electron chi connectivity index (χ0n) is 18.3. The number of nitrogens with zero attached hydrogens (tertiary/aromatic N) is 4. The van der Waals surface area contributed by atoms with E-state index in [0.29, 0.717) is 16.6 Å². The molecule has 2 aliphatic rings. The van der Waals surface area contributed by atoms with Crippen LogP contribution in [0, 0.1) is 10.1 Å². The Morgan fingerprint density at radius 2 is 1.80 bits per heavy atom. The number of rotatable bonds is 5. The van der Waals surface area contributed by atoms with Crippen LogP contribution < -0.4 is 19.7 Å². The first-order valence-electron chi connectivity index (χ1n) is 10.9. The molecule has 174 valence electrons. The topological polar surface area (TPSA) is 94.7 Å². The van der Waals surface area contributed by atoms with E-state index in [2.05, 4.69) is 10.3 Å². The van der Waals surface area contributed by atoms with Gasteiger partial charge in [0.2, 0.25) is 6.79 Å². The average Bonchev–Trinajstić information content (AvgIpc) is 3.62. The highest BCUT2D eigenvalue weighted by Gasteiger charge is 2.42. The van der Waals surface area contributed by atoms with Crippen molar-refractivity contribution in [3.8, 4) is 17.2 Å². The van der Waals surface area contributed by atoms with Crippen LogP contribution in [0.5, 0.6) is 11.5 Å². The molecule has 0 unspecified atom stereocenters. The number of pyridine rings is 1. The van der Waals surface area contributed by atoms with E-state index < -0.39 is 4.92 Å². The molecule has 2 aromatic heterocycles. The lowest BCUT2D eigenvalue weighted by molar-refractivity contribution is -0.384. The summed E-state index contributed by atoms with van der Waals surface area (Å²) in [5.74, 6) is 1.36. The van der Waals surface area contributed by atoms with Crippen LogP contribution in [-0.2, 0) is 0 Å². The molecule has 0 amide bonds. The van der Waals surface area contributed by atoms with Gasteiger partial charge < -0.3 is 24.3 Å². The van der Waals surface area contributed by atoms with E-state index in [9.17, 15) is 10.1 Å². The first-order chi connectivity index (χ1) is 17.1. The molecule has 2 aromatic carbocycles. The number of nitrogens with one attached hydrogen (secondary N) is 1. The fourth-order valence-corrected chi connectivity index (χ4v) is 4.92. The van der Waals surface area contributed by atoms with Crippen LogP contribution in [0.25, 0.3) is 5.69 Å². The summed E-state index contributed by atoms with van der Waals surface area (Å²) in [5.41, 5.74) is 3.49. The van der Waals surface area contributed by atoms with Gasteiger partial charge in [0.1, 0.15) is 6.04 Å². The first-order valence-corrected chi connectivity index (χ1v) is 11.3. The molecule has 0 aliphatic carbocycles. The van der Waals surface area contributed by atoms with E-state index in [1.165, 1.54) is 12.1 Å². The van der Waals surface area contributed by atoms with Gasteiger partial charge in [-0.2, -0.15) is 0 Å². The number of anilines is 1. The van der Waals surface area contributed by atoms with E-state index in [0.717, 1.165) is 22.8 Å². The predicted molar refractivity (Wildman–Crippen MR) is 133 cm³/mol. The highest BCUT2D eigenvalue weighted by atomic mass is 32.1. The largest absolute Gasteiger partial charge is 0.454 e.